The van der Waals surface area contributed by atoms with Crippen LogP contribution in [0.5, 0.6) is 0 Å². The van der Waals surface area contributed by atoms with Crippen LogP contribution in [0.4, 0.5) is 0 Å². The zero-order chi connectivity index (χ0) is 47.8. The number of aryl methyl sites for hydroxylation is 1. The fraction of sp³-hybridized carbons (Fsp3) is 0.871. The Kier molecular flexibility index (Phi) is 45.4. The van der Waals surface area contributed by atoms with Gasteiger partial charge in [0.1, 0.15) is 0 Å². The van der Waals surface area contributed by atoms with Crippen LogP contribution in [0, 0.1) is 0 Å². The number of hydrogen-bond acceptors (Lipinski definition) is 2. The molecule has 0 spiro atoms. The number of unbranched alkanes of at least 4 members (excludes halogenated alkanes) is 45. The van der Waals surface area contributed by atoms with E-state index >= 15 is 0 Å². The minimum Gasteiger partial charge on any atom is -0.478 e. The largest absolute Gasteiger partial charge is 0.478 e. The first kappa shape index (κ1) is 62.2. The predicted octanol–water partition coefficient (Wildman–Crippen LogP) is 21.5. The van der Waals surface area contributed by atoms with Gasteiger partial charge in [-0.25, -0.2) is 9.59 Å². The van der Waals surface area contributed by atoms with Crippen molar-refractivity contribution in [3.05, 3.63) is 33.9 Å². The van der Waals surface area contributed by atoms with Gasteiger partial charge in [-0.1, -0.05) is 310 Å². The predicted molar refractivity (Wildman–Crippen MR) is 290 cm³/mol. The Morgan fingerprint density at radius 2 is 0.500 bits per heavy atom. The van der Waals surface area contributed by atoms with Crippen molar-refractivity contribution < 1.29 is 19.8 Å². The van der Waals surface area contributed by atoms with E-state index in [1.807, 2.05) is 0 Å². The lowest BCUT2D eigenvalue weighted by molar-refractivity contribution is 0.0677. The maximum Gasteiger partial charge on any atom is 0.336 e. The molecule has 0 bridgehead atoms. The van der Waals surface area contributed by atoms with Gasteiger partial charge in [-0.15, -0.1) is 0 Å². The van der Waals surface area contributed by atoms with Gasteiger partial charge in [0.25, 0.3) is 0 Å². The number of rotatable bonds is 53. The minimum atomic E-state index is -0.889. The highest BCUT2D eigenvalue weighted by atomic mass is 16.4. The van der Waals surface area contributed by atoms with Crippen LogP contribution in [0.15, 0.2) is 6.07 Å². The molecule has 0 fully saturated rings. The average molecular weight is 924 g/mol. The van der Waals surface area contributed by atoms with Gasteiger partial charge in [-0.2, -0.15) is 0 Å². The van der Waals surface area contributed by atoms with Crippen molar-refractivity contribution in [2.75, 3.05) is 0 Å². The fourth-order valence-electron chi connectivity index (χ4n) is 10.6. The third kappa shape index (κ3) is 36.2. The van der Waals surface area contributed by atoms with Gasteiger partial charge < -0.3 is 10.2 Å². The molecule has 66 heavy (non-hydrogen) atoms. The van der Waals surface area contributed by atoms with Crippen molar-refractivity contribution in [3.8, 4) is 0 Å². The Morgan fingerprint density at radius 1 is 0.288 bits per heavy atom. The lowest BCUT2D eigenvalue weighted by atomic mass is 9.84. The van der Waals surface area contributed by atoms with E-state index in [4.69, 9.17) is 0 Å². The Balaban J connectivity index is 2.65. The Labute approximate surface area is 412 Å². The summed E-state index contributed by atoms with van der Waals surface area (Å²) >= 11 is 0. The smallest absolute Gasteiger partial charge is 0.336 e. The Hall–Kier alpha value is -1.84. The van der Waals surface area contributed by atoms with Crippen LogP contribution in [-0.2, 0) is 19.3 Å². The summed E-state index contributed by atoms with van der Waals surface area (Å²) < 4.78 is 0. The second-order valence-corrected chi connectivity index (χ2v) is 21.2. The minimum absolute atomic E-state index is 0.374. The van der Waals surface area contributed by atoms with Crippen LogP contribution in [0.1, 0.15) is 366 Å². The maximum absolute atomic E-state index is 13.1. The van der Waals surface area contributed by atoms with E-state index < -0.39 is 11.9 Å². The van der Waals surface area contributed by atoms with E-state index in [1.165, 1.54) is 270 Å². The first-order valence-corrected chi connectivity index (χ1v) is 30.1. The molecule has 4 nitrogen and oxygen atoms in total. The highest BCUT2D eigenvalue weighted by molar-refractivity contribution is 5.96. The molecule has 0 aliphatic carbocycles. The van der Waals surface area contributed by atoms with Gasteiger partial charge in [-0.05, 0) is 61.3 Å². The number of hydrogen-bond donors (Lipinski definition) is 2. The van der Waals surface area contributed by atoms with E-state index in [1.54, 1.807) is 6.07 Å². The molecule has 1 aromatic carbocycles. The molecule has 0 saturated heterocycles. The SMILES string of the molecule is CCCCCCCCCCCCCCCCCCc1cc(C(=O)O)c(CCCCCCCCCCCCCCCCCC)c(CCCCCCCCCCCCCCCCCC)c1C(=O)O. The second kappa shape index (κ2) is 48.2. The van der Waals surface area contributed by atoms with Gasteiger partial charge in [0.05, 0.1) is 11.1 Å². The molecule has 1 aromatic rings. The molecule has 0 aromatic heterocycles. The number of carboxylic acids is 2. The summed E-state index contributed by atoms with van der Waals surface area (Å²) in [6.45, 7) is 6.86. The molecule has 1 rings (SSSR count). The summed E-state index contributed by atoms with van der Waals surface area (Å²) in [5.74, 6) is -1.75. The quantitative estimate of drug-likeness (QED) is 0.0639. The van der Waals surface area contributed by atoms with Gasteiger partial charge >= 0.3 is 11.9 Å². The van der Waals surface area contributed by atoms with Crippen LogP contribution in [0.2, 0.25) is 0 Å². The van der Waals surface area contributed by atoms with Crippen molar-refractivity contribution in [1.29, 1.82) is 0 Å². The summed E-state index contributed by atoms with van der Waals surface area (Å²) in [7, 11) is 0. The van der Waals surface area contributed by atoms with E-state index in [0.29, 0.717) is 30.4 Å². The van der Waals surface area contributed by atoms with Gasteiger partial charge in [0.2, 0.25) is 0 Å². The number of carboxylic acid groups (broad SMARTS) is 2. The molecular weight excluding hydrogens is 809 g/mol. The molecule has 0 heterocycles. The summed E-state index contributed by atoms with van der Waals surface area (Å²) in [6, 6.07) is 1.77. The zero-order valence-electron chi connectivity index (χ0n) is 44.9. The molecule has 0 unspecified atom stereocenters. The van der Waals surface area contributed by atoms with Crippen molar-refractivity contribution in [3.63, 3.8) is 0 Å². The fourth-order valence-corrected chi connectivity index (χ4v) is 10.6. The number of aromatic carboxylic acids is 2. The molecule has 0 saturated carbocycles. The third-order valence-corrected chi connectivity index (χ3v) is 14.9. The topological polar surface area (TPSA) is 74.6 Å². The van der Waals surface area contributed by atoms with E-state index in [2.05, 4.69) is 20.8 Å². The number of carbonyl (C=O) groups is 2. The molecule has 0 radical (unpaired) electrons. The maximum atomic E-state index is 13.1. The van der Waals surface area contributed by atoms with Gasteiger partial charge in [0.15, 0.2) is 0 Å². The number of benzene rings is 1. The van der Waals surface area contributed by atoms with Crippen LogP contribution in [-0.4, -0.2) is 22.2 Å². The molecular formula is C62H114O4. The average Bonchev–Trinajstić information content (AvgIpc) is 3.31. The molecule has 386 valence electrons. The van der Waals surface area contributed by atoms with Crippen molar-refractivity contribution in [1.82, 2.24) is 0 Å². The van der Waals surface area contributed by atoms with Crippen LogP contribution in [0.3, 0.4) is 0 Å². The van der Waals surface area contributed by atoms with Gasteiger partial charge in [0, 0.05) is 0 Å². The molecule has 2 N–H and O–H groups in total. The first-order valence-electron chi connectivity index (χ1n) is 30.1. The Morgan fingerprint density at radius 3 is 0.727 bits per heavy atom. The second-order valence-electron chi connectivity index (χ2n) is 21.2. The standard InChI is InChI=1S/C62H114O4/c1-4-7-10-13-16-19-22-25-28-31-34-37-40-43-46-49-52-56-55-59(61(63)64)57(53-50-47-44-41-38-35-32-29-26-23-20-17-14-11-8-5-2)58(60(56)62(65)66)54-51-48-45-42-39-36-33-30-27-24-21-18-15-12-9-6-3/h55H,4-54H2,1-3H3,(H,63,64)(H,65,66). The summed E-state index contributed by atoms with van der Waals surface area (Å²) in [5.41, 5.74) is 3.24. The van der Waals surface area contributed by atoms with Crippen molar-refractivity contribution in [2.45, 2.75) is 348 Å². The van der Waals surface area contributed by atoms with E-state index in [9.17, 15) is 19.8 Å². The highest BCUT2D eigenvalue weighted by Crippen LogP contribution is 2.30. The van der Waals surface area contributed by atoms with Crippen molar-refractivity contribution >= 4 is 11.9 Å². The Bertz CT molecular complexity index is 1220. The molecule has 4 heteroatoms. The van der Waals surface area contributed by atoms with Crippen LogP contribution in [0.25, 0.3) is 0 Å². The summed E-state index contributed by atoms with van der Waals surface area (Å²) in [5, 5.41) is 21.3. The van der Waals surface area contributed by atoms with Crippen LogP contribution < -0.4 is 0 Å². The van der Waals surface area contributed by atoms with E-state index in [-0.39, 0.29) is 0 Å². The molecule has 0 aliphatic rings. The van der Waals surface area contributed by atoms with Crippen LogP contribution >= 0.6 is 0 Å². The monoisotopic (exact) mass is 923 g/mol. The van der Waals surface area contributed by atoms with E-state index in [0.717, 1.165) is 55.2 Å². The summed E-state index contributed by atoms with van der Waals surface area (Å²) in [4.78, 5) is 26.0. The van der Waals surface area contributed by atoms with Crippen molar-refractivity contribution in [2.24, 2.45) is 0 Å². The lowest BCUT2D eigenvalue weighted by Gasteiger charge is -2.20. The molecule has 0 aliphatic heterocycles. The zero-order valence-corrected chi connectivity index (χ0v) is 44.9. The first-order chi connectivity index (χ1) is 32.5. The van der Waals surface area contributed by atoms with Gasteiger partial charge in [-0.3, -0.25) is 0 Å². The summed E-state index contributed by atoms with van der Waals surface area (Å²) in [6.07, 6.45) is 64.8. The highest BCUT2D eigenvalue weighted by Gasteiger charge is 2.24. The normalized spacial score (nSPS) is 11.6. The molecule has 0 atom stereocenters. The third-order valence-electron chi connectivity index (χ3n) is 14.9. The lowest BCUT2D eigenvalue weighted by Crippen LogP contribution is -2.16. The molecule has 0 amide bonds.